The quantitative estimate of drug-likeness (QED) is 0.472. The first-order valence-corrected chi connectivity index (χ1v) is 3.72. The van der Waals surface area contributed by atoms with Gasteiger partial charge in [0.25, 0.3) is 0 Å². The molecule has 0 saturated heterocycles. The van der Waals surface area contributed by atoms with E-state index in [2.05, 4.69) is 24.1 Å². The standard InChI is InChI=1S/C7H12N2S/c1-3-4-9-6-5-8(2)7(9)10/h3,5-7,10H,1,4H2,2H3. The Morgan fingerprint density at radius 3 is 2.80 bits per heavy atom. The van der Waals surface area contributed by atoms with E-state index in [4.69, 9.17) is 0 Å². The molecule has 1 atom stereocenters. The fourth-order valence-electron chi connectivity index (χ4n) is 0.883. The van der Waals surface area contributed by atoms with Crippen LogP contribution in [0.25, 0.3) is 0 Å². The molecule has 0 fully saturated rings. The predicted octanol–water partition coefficient (Wildman–Crippen LogP) is 1.10. The molecule has 0 spiro atoms. The molecule has 0 saturated carbocycles. The van der Waals surface area contributed by atoms with Crippen LogP contribution < -0.4 is 0 Å². The van der Waals surface area contributed by atoms with E-state index in [1.807, 2.05) is 30.4 Å². The fraction of sp³-hybridized carbons (Fsp3) is 0.429. The van der Waals surface area contributed by atoms with Gasteiger partial charge in [0.1, 0.15) is 5.50 Å². The van der Waals surface area contributed by atoms with Crippen LogP contribution in [0, 0.1) is 0 Å². The summed E-state index contributed by atoms with van der Waals surface area (Å²) >= 11 is 4.36. The van der Waals surface area contributed by atoms with Gasteiger partial charge in [0, 0.05) is 26.0 Å². The van der Waals surface area contributed by atoms with Gasteiger partial charge in [0.15, 0.2) is 0 Å². The molecule has 56 valence electrons. The molecule has 3 heteroatoms. The summed E-state index contributed by atoms with van der Waals surface area (Å²) in [6, 6.07) is 0. The van der Waals surface area contributed by atoms with E-state index in [0.29, 0.717) is 0 Å². The van der Waals surface area contributed by atoms with Crippen LogP contribution >= 0.6 is 12.6 Å². The van der Waals surface area contributed by atoms with Gasteiger partial charge in [0.2, 0.25) is 0 Å². The van der Waals surface area contributed by atoms with Gasteiger partial charge in [-0.2, -0.15) is 0 Å². The summed E-state index contributed by atoms with van der Waals surface area (Å²) in [5.41, 5.74) is 0.179. The average molecular weight is 156 g/mol. The first kappa shape index (κ1) is 7.54. The molecule has 0 radical (unpaired) electrons. The SMILES string of the molecule is C=CCN1C=CN(C)C1S. The second kappa shape index (κ2) is 3.01. The Morgan fingerprint density at radius 1 is 1.70 bits per heavy atom. The molecular formula is C7H12N2S. The predicted molar refractivity (Wildman–Crippen MR) is 46.6 cm³/mol. The molecule has 1 rings (SSSR count). The Bertz CT molecular complexity index is 156. The van der Waals surface area contributed by atoms with Crippen molar-refractivity contribution in [1.82, 2.24) is 9.80 Å². The summed E-state index contributed by atoms with van der Waals surface area (Å²) in [7, 11) is 2.00. The van der Waals surface area contributed by atoms with Crippen molar-refractivity contribution in [3.63, 3.8) is 0 Å². The monoisotopic (exact) mass is 156 g/mol. The molecule has 0 aromatic heterocycles. The largest absolute Gasteiger partial charge is 0.351 e. The van der Waals surface area contributed by atoms with Crippen molar-refractivity contribution >= 4 is 12.6 Å². The van der Waals surface area contributed by atoms with Crippen molar-refractivity contribution in [3.8, 4) is 0 Å². The third-order valence-corrected chi connectivity index (χ3v) is 2.16. The maximum atomic E-state index is 4.36. The lowest BCUT2D eigenvalue weighted by atomic mass is 10.6. The minimum absolute atomic E-state index is 0.179. The summed E-state index contributed by atoms with van der Waals surface area (Å²) in [5, 5.41) is 0. The summed E-state index contributed by atoms with van der Waals surface area (Å²) < 4.78 is 0. The molecule has 1 aliphatic heterocycles. The highest BCUT2D eigenvalue weighted by Crippen LogP contribution is 2.15. The number of nitrogens with zero attached hydrogens (tertiary/aromatic N) is 2. The second-order valence-corrected chi connectivity index (χ2v) is 2.76. The van der Waals surface area contributed by atoms with E-state index < -0.39 is 0 Å². The smallest absolute Gasteiger partial charge is 0.147 e. The zero-order valence-corrected chi connectivity index (χ0v) is 6.96. The zero-order chi connectivity index (χ0) is 7.56. The highest BCUT2D eigenvalue weighted by molar-refractivity contribution is 7.80. The van der Waals surface area contributed by atoms with Crippen LogP contribution in [-0.4, -0.2) is 28.9 Å². The van der Waals surface area contributed by atoms with Crippen LogP contribution in [-0.2, 0) is 0 Å². The third kappa shape index (κ3) is 1.29. The van der Waals surface area contributed by atoms with Crippen LogP contribution in [0.3, 0.4) is 0 Å². The topological polar surface area (TPSA) is 6.48 Å². The molecule has 0 N–H and O–H groups in total. The lowest BCUT2D eigenvalue weighted by molar-refractivity contribution is 0.284. The first-order valence-electron chi connectivity index (χ1n) is 3.20. The third-order valence-electron chi connectivity index (χ3n) is 1.49. The Labute approximate surface area is 67.2 Å². The van der Waals surface area contributed by atoms with E-state index in [0.717, 1.165) is 6.54 Å². The summed E-state index contributed by atoms with van der Waals surface area (Å²) in [4.78, 5) is 4.13. The van der Waals surface area contributed by atoms with Crippen molar-refractivity contribution in [3.05, 3.63) is 25.1 Å². The molecule has 1 heterocycles. The molecule has 0 amide bonds. The van der Waals surface area contributed by atoms with Crippen LogP contribution in [0.2, 0.25) is 0 Å². The van der Waals surface area contributed by atoms with Crippen molar-refractivity contribution in [2.75, 3.05) is 13.6 Å². The van der Waals surface area contributed by atoms with Gasteiger partial charge < -0.3 is 9.80 Å². The molecular weight excluding hydrogens is 144 g/mol. The summed E-state index contributed by atoms with van der Waals surface area (Å²) in [6.45, 7) is 4.51. The Hall–Kier alpha value is -0.570. The van der Waals surface area contributed by atoms with Crippen LogP contribution in [0.5, 0.6) is 0 Å². The zero-order valence-electron chi connectivity index (χ0n) is 6.07. The van der Waals surface area contributed by atoms with Crippen LogP contribution in [0.4, 0.5) is 0 Å². The first-order chi connectivity index (χ1) is 4.75. The number of hydrogen-bond donors (Lipinski definition) is 1. The second-order valence-electron chi connectivity index (χ2n) is 2.30. The van der Waals surface area contributed by atoms with Gasteiger partial charge in [-0.1, -0.05) is 6.08 Å². The van der Waals surface area contributed by atoms with Crippen molar-refractivity contribution < 1.29 is 0 Å². The molecule has 1 unspecified atom stereocenters. The number of rotatable bonds is 2. The van der Waals surface area contributed by atoms with Crippen molar-refractivity contribution in [2.45, 2.75) is 5.50 Å². The highest BCUT2D eigenvalue weighted by Gasteiger charge is 2.17. The number of hydrogen-bond acceptors (Lipinski definition) is 3. The lowest BCUT2D eigenvalue weighted by Gasteiger charge is -2.24. The number of thiol groups is 1. The normalized spacial score (nSPS) is 24.0. The molecule has 10 heavy (non-hydrogen) atoms. The Morgan fingerprint density at radius 2 is 2.40 bits per heavy atom. The van der Waals surface area contributed by atoms with Crippen LogP contribution in [0.1, 0.15) is 0 Å². The maximum absolute atomic E-state index is 4.36. The molecule has 0 aliphatic carbocycles. The highest BCUT2D eigenvalue weighted by atomic mass is 32.1. The minimum atomic E-state index is 0.179. The fourth-order valence-corrected chi connectivity index (χ4v) is 1.13. The maximum Gasteiger partial charge on any atom is 0.147 e. The van der Waals surface area contributed by atoms with Gasteiger partial charge in [-0.25, -0.2) is 0 Å². The Balaban J connectivity index is 2.49. The Kier molecular flexibility index (Phi) is 2.27. The summed E-state index contributed by atoms with van der Waals surface area (Å²) in [5.74, 6) is 0. The van der Waals surface area contributed by atoms with E-state index in [1.54, 1.807) is 0 Å². The lowest BCUT2D eigenvalue weighted by Crippen LogP contribution is -2.31. The molecule has 1 aliphatic rings. The van der Waals surface area contributed by atoms with E-state index in [1.165, 1.54) is 0 Å². The van der Waals surface area contributed by atoms with Gasteiger partial charge in [-0.3, -0.25) is 0 Å². The van der Waals surface area contributed by atoms with E-state index >= 15 is 0 Å². The molecule has 2 nitrogen and oxygen atoms in total. The van der Waals surface area contributed by atoms with Crippen molar-refractivity contribution in [1.29, 1.82) is 0 Å². The van der Waals surface area contributed by atoms with Gasteiger partial charge >= 0.3 is 0 Å². The van der Waals surface area contributed by atoms with Crippen LogP contribution in [0.15, 0.2) is 25.1 Å². The molecule has 0 aromatic rings. The molecule has 0 aromatic carbocycles. The van der Waals surface area contributed by atoms with E-state index in [-0.39, 0.29) is 5.50 Å². The minimum Gasteiger partial charge on any atom is -0.351 e. The van der Waals surface area contributed by atoms with E-state index in [9.17, 15) is 0 Å². The van der Waals surface area contributed by atoms with Crippen molar-refractivity contribution in [2.24, 2.45) is 0 Å². The molecule has 0 bridgehead atoms. The van der Waals surface area contributed by atoms with Gasteiger partial charge in [0.05, 0.1) is 0 Å². The van der Waals surface area contributed by atoms with Gasteiger partial charge in [-0.15, -0.1) is 19.2 Å². The average Bonchev–Trinajstić information content (AvgIpc) is 2.20. The summed E-state index contributed by atoms with van der Waals surface area (Å²) in [6.07, 6.45) is 5.88. The van der Waals surface area contributed by atoms with Gasteiger partial charge in [-0.05, 0) is 0 Å².